The lowest BCUT2D eigenvalue weighted by Gasteiger charge is -2.22. The zero-order valence-electron chi connectivity index (χ0n) is 15.5. The fourth-order valence-electron chi connectivity index (χ4n) is 3.41. The van der Waals surface area contributed by atoms with E-state index in [9.17, 15) is 18.0 Å². The van der Waals surface area contributed by atoms with Gasteiger partial charge < -0.3 is 0 Å². The summed E-state index contributed by atoms with van der Waals surface area (Å²) in [4.78, 5) is 17.7. The first-order valence-corrected chi connectivity index (χ1v) is 10.3. The largest absolute Gasteiger partial charge is 0.416 e. The van der Waals surface area contributed by atoms with Crippen LogP contribution in [0, 0.1) is 5.92 Å². The molecule has 1 aromatic heterocycles. The fraction of sp³-hybridized carbons (Fsp3) is 0.364. The van der Waals surface area contributed by atoms with E-state index in [1.165, 1.54) is 24.2 Å². The van der Waals surface area contributed by atoms with Gasteiger partial charge in [-0.15, -0.1) is 11.8 Å². The van der Waals surface area contributed by atoms with Crippen molar-refractivity contribution in [1.29, 1.82) is 0 Å². The van der Waals surface area contributed by atoms with Gasteiger partial charge in [0.05, 0.1) is 11.3 Å². The van der Waals surface area contributed by atoms with Gasteiger partial charge in [0.15, 0.2) is 0 Å². The van der Waals surface area contributed by atoms with Crippen LogP contribution in [0.5, 0.6) is 0 Å². The summed E-state index contributed by atoms with van der Waals surface area (Å²) in [6.07, 6.45) is 1.08. The van der Waals surface area contributed by atoms with Gasteiger partial charge in [-0.1, -0.05) is 38.0 Å². The monoisotopic (exact) mass is 405 g/mol. The summed E-state index contributed by atoms with van der Waals surface area (Å²) in [7, 11) is 0. The maximum Gasteiger partial charge on any atom is 0.416 e. The highest BCUT2D eigenvalue weighted by atomic mass is 32.2. The van der Waals surface area contributed by atoms with Crippen LogP contribution in [0.3, 0.4) is 0 Å². The molecule has 0 aliphatic heterocycles. The maximum absolute atomic E-state index is 12.8. The van der Waals surface area contributed by atoms with E-state index in [1.54, 1.807) is 24.3 Å². The molecule has 1 aliphatic carbocycles. The second kappa shape index (κ2) is 8.95. The van der Waals surface area contributed by atoms with Crippen LogP contribution in [0.25, 0.3) is 0 Å². The van der Waals surface area contributed by atoms with Gasteiger partial charge in [-0.3, -0.25) is 4.79 Å². The lowest BCUT2D eigenvalue weighted by atomic mass is 9.82. The molecule has 0 N–H and O–H groups in total. The second-order valence-electron chi connectivity index (χ2n) is 7.02. The van der Waals surface area contributed by atoms with Crippen LogP contribution in [-0.2, 0) is 11.9 Å². The van der Waals surface area contributed by atoms with Gasteiger partial charge in [0.2, 0.25) is 5.78 Å². The number of nitrogens with zero attached hydrogens (tertiary/aromatic N) is 1. The lowest BCUT2D eigenvalue weighted by molar-refractivity contribution is -0.137. The molecule has 1 aromatic carbocycles. The smallest absolute Gasteiger partial charge is 0.287 e. The highest BCUT2D eigenvalue weighted by Crippen LogP contribution is 2.33. The first-order valence-electron chi connectivity index (χ1n) is 9.34. The van der Waals surface area contributed by atoms with E-state index in [0.29, 0.717) is 27.6 Å². The number of rotatable bonds is 6. The molecule has 0 bridgehead atoms. The normalized spacial score (nSPS) is 15.4. The van der Waals surface area contributed by atoms with Gasteiger partial charge in [-0.05, 0) is 54.7 Å². The quantitative estimate of drug-likeness (QED) is 0.304. The number of carbonyl (C=O) groups is 1. The predicted octanol–water partition coefficient (Wildman–Crippen LogP) is 6.71. The average Bonchev–Trinajstić information content (AvgIpc) is 2.71. The Hall–Kier alpha value is -2.08. The highest BCUT2D eigenvalue weighted by molar-refractivity contribution is 7.98. The standard InChI is InChI=1S/C22H22F3NOS/c1-15(16-7-3-2-4-8-16)21(27)20-12-6-10-18(26-20)14-28-19-11-5-9-17(13-19)22(23,24)25/h5-6,9-13,16H,1-4,7-8,14H2. The van der Waals surface area contributed by atoms with Crippen LogP contribution in [-0.4, -0.2) is 10.8 Å². The van der Waals surface area contributed by atoms with E-state index in [4.69, 9.17) is 0 Å². The molecule has 28 heavy (non-hydrogen) atoms. The summed E-state index contributed by atoms with van der Waals surface area (Å²) in [5.74, 6) is 0.488. The Morgan fingerprint density at radius 3 is 2.54 bits per heavy atom. The van der Waals surface area contributed by atoms with Crippen LogP contribution < -0.4 is 0 Å². The molecule has 3 rings (SSSR count). The zero-order valence-corrected chi connectivity index (χ0v) is 16.3. The number of benzene rings is 1. The Kier molecular flexibility index (Phi) is 6.60. The van der Waals surface area contributed by atoms with Crippen molar-refractivity contribution >= 4 is 17.5 Å². The molecule has 148 valence electrons. The van der Waals surface area contributed by atoms with Crippen molar-refractivity contribution < 1.29 is 18.0 Å². The lowest BCUT2D eigenvalue weighted by Crippen LogP contribution is -2.16. The van der Waals surface area contributed by atoms with E-state index in [1.807, 2.05) is 0 Å². The van der Waals surface area contributed by atoms with Crippen LogP contribution in [0.2, 0.25) is 0 Å². The number of Topliss-reactive ketones (excluding diaryl/α,β-unsaturated/α-hetero) is 1. The number of pyridine rings is 1. The molecule has 6 heteroatoms. The van der Waals surface area contributed by atoms with Crippen molar-refractivity contribution in [1.82, 2.24) is 4.98 Å². The van der Waals surface area contributed by atoms with E-state index < -0.39 is 11.7 Å². The van der Waals surface area contributed by atoms with E-state index in [-0.39, 0.29) is 11.7 Å². The van der Waals surface area contributed by atoms with E-state index >= 15 is 0 Å². The van der Waals surface area contributed by atoms with Crippen molar-refractivity contribution in [2.45, 2.75) is 48.9 Å². The molecule has 0 unspecified atom stereocenters. The molecule has 1 saturated carbocycles. The third-order valence-corrected chi connectivity index (χ3v) is 6.00. The van der Waals surface area contributed by atoms with Crippen LogP contribution in [0.1, 0.15) is 53.8 Å². The highest BCUT2D eigenvalue weighted by Gasteiger charge is 2.30. The molecule has 1 fully saturated rings. The minimum atomic E-state index is -4.36. The SMILES string of the molecule is C=C(C(=O)c1cccc(CSc2cccc(C(F)(F)F)c2)n1)C1CCCCC1. The van der Waals surface area contributed by atoms with Gasteiger partial charge >= 0.3 is 6.18 Å². The molecule has 0 amide bonds. The molecule has 1 aliphatic rings. The van der Waals surface area contributed by atoms with Crippen LogP contribution >= 0.6 is 11.8 Å². The number of alkyl halides is 3. The predicted molar refractivity (Wildman–Crippen MR) is 105 cm³/mol. The van der Waals surface area contributed by atoms with Crippen molar-refractivity contribution in [3.63, 3.8) is 0 Å². The molecule has 0 atom stereocenters. The molecule has 2 aromatic rings. The first-order chi connectivity index (χ1) is 13.3. The van der Waals surface area contributed by atoms with Gasteiger partial charge in [0, 0.05) is 10.6 Å². The van der Waals surface area contributed by atoms with Crippen molar-refractivity contribution in [2.75, 3.05) is 0 Å². The molecule has 0 spiro atoms. The Balaban J connectivity index is 1.66. The van der Waals surface area contributed by atoms with Gasteiger partial charge in [0.1, 0.15) is 5.69 Å². The number of carbonyl (C=O) groups excluding carboxylic acids is 1. The molecule has 0 saturated heterocycles. The van der Waals surface area contributed by atoms with E-state index in [0.717, 1.165) is 37.8 Å². The summed E-state index contributed by atoms with van der Waals surface area (Å²) < 4.78 is 38.5. The summed E-state index contributed by atoms with van der Waals surface area (Å²) in [5, 5.41) is 0. The van der Waals surface area contributed by atoms with Crippen molar-refractivity contribution in [2.24, 2.45) is 5.92 Å². The molecular formula is C22H22F3NOS. The number of allylic oxidation sites excluding steroid dienone is 1. The van der Waals surface area contributed by atoms with Gasteiger partial charge in [-0.25, -0.2) is 4.98 Å². The van der Waals surface area contributed by atoms with Gasteiger partial charge in [-0.2, -0.15) is 13.2 Å². The number of ketones is 1. The van der Waals surface area contributed by atoms with E-state index in [2.05, 4.69) is 11.6 Å². The molecular weight excluding hydrogens is 383 g/mol. The fourth-order valence-corrected chi connectivity index (χ4v) is 4.27. The number of thioether (sulfide) groups is 1. The molecule has 2 nitrogen and oxygen atoms in total. The Labute approximate surface area is 167 Å². The average molecular weight is 405 g/mol. The maximum atomic E-state index is 12.8. The summed E-state index contributed by atoms with van der Waals surface area (Å²) >= 11 is 1.26. The van der Waals surface area contributed by atoms with Crippen LogP contribution in [0.4, 0.5) is 13.2 Å². The minimum absolute atomic E-state index is 0.127. The summed E-state index contributed by atoms with van der Waals surface area (Å²) in [6.45, 7) is 4.01. The second-order valence-corrected chi connectivity index (χ2v) is 8.07. The third-order valence-electron chi connectivity index (χ3n) is 4.98. The van der Waals surface area contributed by atoms with Crippen LogP contribution in [0.15, 0.2) is 59.5 Å². The third kappa shape index (κ3) is 5.25. The minimum Gasteiger partial charge on any atom is -0.287 e. The molecule has 0 radical (unpaired) electrons. The Morgan fingerprint density at radius 2 is 1.82 bits per heavy atom. The summed E-state index contributed by atoms with van der Waals surface area (Å²) in [5.41, 5.74) is 0.968. The summed E-state index contributed by atoms with van der Waals surface area (Å²) in [6, 6.07) is 10.4. The number of hydrogen-bond acceptors (Lipinski definition) is 3. The van der Waals surface area contributed by atoms with Gasteiger partial charge in [0.25, 0.3) is 0 Å². The number of halogens is 3. The number of hydrogen-bond donors (Lipinski definition) is 0. The zero-order chi connectivity index (χ0) is 20.1. The topological polar surface area (TPSA) is 30.0 Å². The Morgan fingerprint density at radius 1 is 1.11 bits per heavy atom. The Bertz CT molecular complexity index is 857. The number of aromatic nitrogens is 1. The van der Waals surface area contributed by atoms with Crippen molar-refractivity contribution in [3.05, 3.63) is 71.6 Å². The van der Waals surface area contributed by atoms with Crippen molar-refractivity contribution in [3.8, 4) is 0 Å². The molecule has 1 heterocycles. The first kappa shape index (κ1) is 20.6.